The number of fused-ring (bicyclic) bond motifs is 1. The fraction of sp³-hybridized carbons (Fsp3) is 0.154. The van der Waals surface area contributed by atoms with Gasteiger partial charge in [0.1, 0.15) is 5.69 Å². The molecule has 2 aromatic heterocycles. The van der Waals surface area contributed by atoms with E-state index < -0.39 is 0 Å². The predicted octanol–water partition coefficient (Wildman–Crippen LogP) is 2.68. The quantitative estimate of drug-likeness (QED) is 0.776. The van der Waals surface area contributed by atoms with Crippen molar-refractivity contribution in [2.75, 3.05) is 12.4 Å². The van der Waals surface area contributed by atoms with Crippen molar-refractivity contribution in [3.8, 4) is 5.88 Å². The molecule has 6 nitrogen and oxygen atoms in total. The van der Waals surface area contributed by atoms with E-state index in [2.05, 4.69) is 25.2 Å². The molecule has 0 aliphatic carbocycles. The minimum absolute atomic E-state index is 0.423. The molecule has 0 aliphatic heterocycles. The number of hydrogen-bond donors (Lipinski definition) is 1. The summed E-state index contributed by atoms with van der Waals surface area (Å²) < 4.78 is 9.89. The zero-order valence-electron chi connectivity index (χ0n) is 10.5. The van der Waals surface area contributed by atoms with Crippen LogP contribution in [0, 0.1) is 6.92 Å². The maximum absolute atomic E-state index is 5.24. The van der Waals surface area contributed by atoms with Crippen LogP contribution in [0.3, 0.4) is 0 Å². The SMILES string of the molecule is COc1nc2nonc2cc1Nc1cccc(C)c1. The number of nitrogens with zero attached hydrogens (tertiary/aromatic N) is 3. The fourth-order valence-corrected chi connectivity index (χ4v) is 1.84. The third-order valence-electron chi connectivity index (χ3n) is 2.70. The van der Waals surface area contributed by atoms with E-state index in [9.17, 15) is 0 Å². The molecule has 96 valence electrons. The number of aromatic nitrogens is 3. The largest absolute Gasteiger partial charge is 0.479 e. The van der Waals surface area contributed by atoms with E-state index in [0.717, 1.165) is 11.4 Å². The van der Waals surface area contributed by atoms with Crippen LogP contribution >= 0.6 is 0 Å². The number of rotatable bonds is 3. The Morgan fingerprint density at radius 2 is 2.11 bits per heavy atom. The molecule has 3 aromatic rings. The molecule has 0 atom stereocenters. The highest BCUT2D eigenvalue weighted by atomic mass is 16.6. The molecule has 0 radical (unpaired) electrons. The van der Waals surface area contributed by atoms with E-state index in [-0.39, 0.29) is 0 Å². The Kier molecular flexibility index (Phi) is 2.75. The number of hydrogen-bond acceptors (Lipinski definition) is 6. The van der Waals surface area contributed by atoms with Gasteiger partial charge in [-0.25, -0.2) is 4.63 Å². The normalized spacial score (nSPS) is 10.6. The average Bonchev–Trinajstić information content (AvgIpc) is 2.85. The summed E-state index contributed by atoms with van der Waals surface area (Å²) in [5.74, 6) is 0.449. The molecule has 0 aliphatic rings. The molecular weight excluding hydrogens is 244 g/mol. The summed E-state index contributed by atoms with van der Waals surface area (Å²) in [5.41, 5.74) is 3.84. The highest BCUT2D eigenvalue weighted by Gasteiger charge is 2.11. The molecule has 0 saturated carbocycles. The van der Waals surface area contributed by atoms with Gasteiger partial charge >= 0.3 is 0 Å². The van der Waals surface area contributed by atoms with Crippen LogP contribution in [0.5, 0.6) is 5.88 Å². The Morgan fingerprint density at radius 3 is 2.89 bits per heavy atom. The van der Waals surface area contributed by atoms with Crippen molar-refractivity contribution in [3.05, 3.63) is 35.9 Å². The van der Waals surface area contributed by atoms with Gasteiger partial charge in [-0.05, 0) is 34.9 Å². The minimum atomic E-state index is 0.423. The van der Waals surface area contributed by atoms with E-state index in [1.165, 1.54) is 5.56 Å². The highest BCUT2D eigenvalue weighted by Crippen LogP contribution is 2.28. The zero-order valence-corrected chi connectivity index (χ0v) is 10.5. The molecule has 2 heterocycles. The van der Waals surface area contributed by atoms with Gasteiger partial charge in [-0.2, -0.15) is 4.98 Å². The third kappa shape index (κ3) is 2.20. The van der Waals surface area contributed by atoms with Gasteiger partial charge in [0.05, 0.1) is 7.11 Å². The van der Waals surface area contributed by atoms with Gasteiger partial charge in [0, 0.05) is 11.8 Å². The maximum Gasteiger partial charge on any atom is 0.239 e. The predicted molar refractivity (Wildman–Crippen MR) is 70.6 cm³/mol. The summed E-state index contributed by atoms with van der Waals surface area (Å²) in [7, 11) is 1.56. The van der Waals surface area contributed by atoms with Crippen molar-refractivity contribution in [1.82, 2.24) is 15.3 Å². The van der Waals surface area contributed by atoms with Crippen LogP contribution < -0.4 is 10.1 Å². The summed E-state index contributed by atoms with van der Waals surface area (Å²) in [6, 6.07) is 9.81. The average molecular weight is 256 g/mol. The first-order valence-corrected chi connectivity index (χ1v) is 5.77. The first kappa shape index (κ1) is 11.5. The van der Waals surface area contributed by atoms with Crippen molar-refractivity contribution < 1.29 is 9.37 Å². The van der Waals surface area contributed by atoms with Gasteiger partial charge < -0.3 is 10.1 Å². The number of anilines is 2. The Hall–Kier alpha value is -2.63. The van der Waals surface area contributed by atoms with Crippen LogP contribution in [0.1, 0.15) is 5.56 Å². The number of methoxy groups -OCH3 is 1. The standard InChI is InChI=1S/C13H12N4O2/c1-8-4-3-5-9(6-8)14-11-7-10-12(17-19-16-10)15-13(11)18-2/h3-7,14H,1-2H3. The van der Waals surface area contributed by atoms with Gasteiger partial charge in [-0.15, -0.1) is 0 Å². The van der Waals surface area contributed by atoms with Crippen molar-refractivity contribution in [2.24, 2.45) is 0 Å². The van der Waals surface area contributed by atoms with Crippen LogP contribution in [-0.2, 0) is 0 Å². The van der Waals surface area contributed by atoms with Crippen LogP contribution in [0.15, 0.2) is 35.0 Å². The topological polar surface area (TPSA) is 73.1 Å². The number of benzene rings is 1. The van der Waals surface area contributed by atoms with Crippen molar-refractivity contribution in [2.45, 2.75) is 6.92 Å². The number of ether oxygens (including phenoxy) is 1. The molecule has 0 fully saturated rings. The lowest BCUT2D eigenvalue weighted by Gasteiger charge is -2.10. The van der Waals surface area contributed by atoms with E-state index in [0.29, 0.717) is 17.0 Å². The molecular formula is C13H12N4O2. The number of nitrogens with one attached hydrogen (secondary N) is 1. The summed E-state index contributed by atoms with van der Waals surface area (Å²) in [5, 5.41) is 10.7. The lowest BCUT2D eigenvalue weighted by Crippen LogP contribution is -1.97. The van der Waals surface area contributed by atoms with E-state index in [4.69, 9.17) is 4.74 Å². The third-order valence-corrected chi connectivity index (χ3v) is 2.70. The van der Waals surface area contributed by atoms with Crippen molar-refractivity contribution in [3.63, 3.8) is 0 Å². The zero-order chi connectivity index (χ0) is 13.2. The first-order chi connectivity index (χ1) is 9.26. The molecule has 0 unspecified atom stereocenters. The molecule has 0 spiro atoms. The smallest absolute Gasteiger partial charge is 0.239 e. The highest BCUT2D eigenvalue weighted by molar-refractivity contribution is 5.78. The summed E-state index contributed by atoms with van der Waals surface area (Å²) in [4.78, 5) is 4.22. The molecule has 0 bridgehead atoms. The molecule has 1 aromatic carbocycles. The molecule has 6 heteroatoms. The molecule has 0 amide bonds. The van der Waals surface area contributed by atoms with Crippen molar-refractivity contribution >= 4 is 22.5 Å². The van der Waals surface area contributed by atoms with Crippen molar-refractivity contribution in [1.29, 1.82) is 0 Å². The second kappa shape index (κ2) is 4.56. The Labute approximate surface area is 109 Å². The Balaban J connectivity index is 2.03. The lowest BCUT2D eigenvalue weighted by molar-refractivity contribution is 0.314. The van der Waals surface area contributed by atoms with Crippen LogP contribution in [0.25, 0.3) is 11.2 Å². The van der Waals surface area contributed by atoms with E-state index >= 15 is 0 Å². The molecule has 1 N–H and O–H groups in total. The van der Waals surface area contributed by atoms with Gasteiger partial charge in [-0.3, -0.25) is 0 Å². The Morgan fingerprint density at radius 1 is 1.21 bits per heavy atom. The van der Waals surface area contributed by atoms with Gasteiger partial charge in [0.15, 0.2) is 5.52 Å². The minimum Gasteiger partial charge on any atom is -0.479 e. The van der Waals surface area contributed by atoms with E-state index in [1.807, 2.05) is 31.2 Å². The maximum atomic E-state index is 5.24. The second-order valence-electron chi connectivity index (χ2n) is 4.15. The van der Waals surface area contributed by atoms with Gasteiger partial charge in [0.2, 0.25) is 11.5 Å². The molecule has 19 heavy (non-hydrogen) atoms. The van der Waals surface area contributed by atoms with E-state index in [1.54, 1.807) is 13.2 Å². The molecule has 3 rings (SSSR count). The van der Waals surface area contributed by atoms with Crippen LogP contribution in [-0.4, -0.2) is 22.4 Å². The number of pyridine rings is 1. The summed E-state index contributed by atoms with van der Waals surface area (Å²) in [6.07, 6.45) is 0. The number of aryl methyl sites for hydroxylation is 1. The van der Waals surface area contributed by atoms with Crippen LogP contribution in [0.4, 0.5) is 11.4 Å². The van der Waals surface area contributed by atoms with Gasteiger partial charge in [-0.1, -0.05) is 12.1 Å². The van der Waals surface area contributed by atoms with Crippen LogP contribution in [0.2, 0.25) is 0 Å². The molecule has 0 saturated heterocycles. The summed E-state index contributed by atoms with van der Waals surface area (Å²) >= 11 is 0. The second-order valence-corrected chi connectivity index (χ2v) is 4.15. The Bertz CT molecular complexity index is 723. The first-order valence-electron chi connectivity index (χ1n) is 5.77. The van der Waals surface area contributed by atoms with Gasteiger partial charge in [0.25, 0.3) is 0 Å². The summed E-state index contributed by atoms with van der Waals surface area (Å²) in [6.45, 7) is 2.03. The fourth-order valence-electron chi connectivity index (χ4n) is 1.84. The monoisotopic (exact) mass is 256 g/mol. The lowest BCUT2D eigenvalue weighted by atomic mass is 10.2.